The molecule has 7 nitrogen and oxygen atoms in total. The molecule has 0 saturated carbocycles. The molecule has 2 aromatic heterocycles. The number of hydrogen-bond acceptors (Lipinski definition) is 4. The van der Waals surface area contributed by atoms with E-state index in [1.807, 2.05) is 0 Å². The van der Waals surface area contributed by atoms with Crippen LogP contribution in [0.4, 0.5) is 13.2 Å². The molecule has 1 aliphatic rings. The third-order valence-corrected chi connectivity index (χ3v) is 5.62. The van der Waals surface area contributed by atoms with Gasteiger partial charge in [0.1, 0.15) is 0 Å². The van der Waals surface area contributed by atoms with Crippen molar-refractivity contribution < 1.29 is 22.8 Å². The van der Waals surface area contributed by atoms with Crippen LogP contribution in [0.3, 0.4) is 0 Å². The average Bonchev–Trinajstić information content (AvgIpc) is 2.97. The minimum Gasteiger partial charge on any atom is -0.325 e. The van der Waals surface area contributed by atoms with Crippen molar-refractivity contribution in [3.63, 3.8) is 0 Å². The first-order valence-electron chi connectivity index (χ1n) is 10.2. The first kappa shape index (κ1) is 21.8. The molecule has 0 unspecified atom stereocenters. The number of carbonyl (C=O) groups is 2. The molecule has 0 spiro atoms. The molecule has 3 heterocycles. The number of aromatic nitrogens is 3. The highest BCUT2D eigenvalue weighted by atomic mass is 19.4. The summed E-state index contributed by atoms with van der Waals surface area (Å²) in [6.45, 7) is 2.59. The lowest BCUT2D eigenvalue weighted by Crippen LogP contribution is -2.42. The second kappa shape index (κ2) is 8.25. The Labute approximate surface area is 182 Å². The Morgan fingerprint density at radius 3 is 2.44 bits per heavy atom. The number of rotatable bonds is 2. The predicted octanol–water partition coefficient (Wildman–Crippen LogP) is 3.70. The molecule has 1 saturated heterocycles. The number of amides is 2. The maximum atomic E-state index is 13.6. The monoisotopic (exact) mass is 445 g/mol. The fourth-order valence-electron chi connectivity index (χ4n) is 3.93. The van der Waals surface area contributed by atoms with Gasteiger partial charge < -0.3 is 9.80 Å². The quantitative estimate of drug-likeness (QED) is 0.603. The first-order valence-corrected chi connectivity index (χ1v) is 10.2. The van der Waals surface area contributed by atoms with Crippen LogP contribution in [0.25, 0.3) is 22.3 Å². The third-order valence-electron chi connectivity index (χ3n) is 5.62. The maximum Gasteiger partial charge on any atom is 0.417 e. The van der Waals surface area contributed by atoms with Gasteiger partial charge in [0.2, 0.25) is 5.91 Å². The number of aryl methyl sites for hydroxylation is 1. The molecule has 2 amide bonds. The van der Waals surface area contributed by atoms with Gasteiger partial charge in [0.05, 0.1) is 35.1 Å². The van der Waals surface area contributed by atoms with Crippen molar-refractivity contribution in [3.05, 3.63) is 47.7 Å². The summed E-state index contributed by atoms with van der Waals surface area (Å²) in [6.07, 6.45) is -1.60. The molecule has 32 heavy (non-hydrogen) atoms. The lowest BCUT2D eigenvalue weighted by atomic mass is 10.0. The van der Waals surface area contributed by atoms with Crippen LogP contribution in [0, 0.1) is 0 Å². The van der Waals surface area contributed by atoms with Crippen LogP contribution in [0.2, 0.25) is 0 Å². The summed E-state index contributed by atoms with van der Waals surface area (Å²) in [6, 6.07) is 6.53. The standard InChI is InChI=1S/C22H22F3N5O2/c1-14(31)29-9-5-6-10-30(13-29)21(32)16-11-19(27-20-17(16)12-26-28(20)2)15-7-3-4-8-18(15)22(23,24)25/h3-4,7-8,11-12H,5-6,9-10,13H2,1-2H3. The number of hydrogen-bond donors (Lipinski definition) is 0. The lowest BCUT2D eigenvalue weighted by molar-refractivity contribution is -0.137. The number of pyridine rings is 1. The van der Waals surface area contributed by atoms with Gasteiger partial charge in [0.25, 0.3) is 5.91 Å². The SMILES string of the molecule is CC(=O)N1CCCCN(C(=O)c2cc(-c3ccccc3C(F)(F)F)nc3c2cnn3C)C1. The highest BCUT2D eigenvalue weighted by molar-refractivity contribution is 6.06. The minimum atomic E-state index is -4.57. The Hall–Kier alpha value is -3.43. The number of alkyl halides is 3. The smallest absolute Gasteiger partial charge is 0.325 e. The van der Waals surface area contributed by atoms with Gasteiger partial charge in [0.15, 0.2) is 5.65 Å². The molecule has 0 atom stereocenters. The van der Waals surface area contributed by atoms with Gasteiger partial charge in [-0.25, -0.2) is 4.98 Å². The van der Waals surface area contributed by atoms with E-state index in [0.29, 0.717) is 24.1 Å². The van der Waals surface area contributed by atoms with Crippen LogP contribution in [-0.4, -0.2) is 56.1 Å². The Morgan fingerprint density at radius 1 is 1.06 bits per heavy atom. The predicted molar refractivity (Wildman–Crippen MR) is 111 cm³/mol. The van der Waals surface area contributed by atoms with Gasteiger partial charge in [-0.2, -0.15) is 18.3 Å². The van der Waals surface area contributed by atoms with Crippen LogP contribution in [0.5, 0.6) is 0 Å². The number of benzene rings is 1. The van der Waals surface area contributed by atoms with Crippen LogP contribution < -0.4 is 0 Å². The van der Waals surface area contributed by atoms with Crippen molar-refractivity contribution in [2.45, 2.75) is 25.9 Å². The molecule has 1 fully saturated rings. The second-order valence-corrected chi connectivity index (χ2v) is 7.80. The number of fused-ring (bicyclic) bond motifs is 1. The Kier molecular flexibility index (Phi) is 5.62. The Bertz CT molecular complexity index is 1190. The van der Waals surface area contributed by atoms with E-state index in [-0.39, 0.29) is 35.3 Å². The first-order chi connectivity index (χ1) is 15.2. The van der Waals surface area contributed by atoms with Crippen LogP contribution in [-0.2, 0) is 18.0 Å². The van der Waals surface area contributed by atoms with E-state index in [1.54, 1.807) is 16.8 Å². The van der Waals surface area contributed by atoms with Crippen molar-refractivity contribution in [3.8, 4) is 11.3 Å². The molecule has 0 N–H and O–H groups in total. The largest absolute Gasteiger partial charge is 0.417 e. The van der Waals surface area contributed by atoms with E-state index in [1.165, 1.54) is 42.1 Å². The van der Waals surface area contributed by atoms with Gasteiger partial charge in [-0.1, -0.05) is 18.2 Å². The maximum absolute atomic E-state index is 13.6. The van der Waals surface area contributed by atoms with Gasteiger partial charge in [-0.15, -0.1) is 0 Å². The van der Waals surface area contributed by atoms with Gasteiger partial charge in [0, 0.05) is 32.6 Å². The van der Waals surface area contributed by atoms with Gasteiger partial charge in [-0.3, -0.25) is 14.3 Å². The minimum absolute atomic E-state index is 0.0376. The van der Waals surface area contributed by atoms with Crippen molar-refractivity contribution in [2.75, 3.05) is 19.8 Å². The van der Waals surface area contributed by atoms with Crippen LogP contribution in [0.1, 0.15) is 35.7 Å². The topological polar surface area (TPSA) is 71.3 Å². The van der Waals surface area contributed by atoms with Crippen LogP contribution >= 0.6 is 0 Å². The number of nitrogens with zero attached hydrogens (tertiary/aromatic N) is 5. The number of halogens is 3. The molecule has 1 aromatic carbocycles. The Balaban J connectivity index is 1.85. The van der Waals surface area contributed by atoms with Crippen molar-refractivity contribution in [1.29, 1.82) is 0 Å². The summed E-state index contributed by atoms with van der Waals surface area (Å²) < 4.78 is 42.3. The van der Waals surface area contributed by atoms with E-state index in [4.69, 9.17) is 0 Å². The van der Waals surface area contributed by atoms with Crippen LogP contribution in [0.15, 0.2) is 36.5 Å². The molecule has 10 heteroatoms. The van der Waals surface area contributed by atoms with Crippen molar-refractivity contribution in [2.24, 2.45) is 7.05 Å². The molecule has 168 valence electrons. The van der Waals surface area contributed by atoms with E-state index >= 15 is 0 Å². The zero-order chi connectivity index (χ0) is 23.0. The third kappa shape index (κ3) is 4.04. The van der Waals surface area contributed by atoms with E-state index in [2.05, 4.69) is 10.1 Å². The summed E-state index contributed by atoms with van der Waals surface area (Å²) >= 11 is 0. The Morgan fingerprint density at radius 2 is 1.75 bits per heavy atom. The molecule has 1 aliphatic heterocycles. The lowest BCUT2D eigenvalue weighted by Gasteiger charge is -2.27. The molecule has 0 bridgehead atoms. The van der Waals surface area contributed by atoms with E-state index in [9.17, 15) is 22.8 Å². The summed E-state index contributed by atoms with van der Waals surface area (Å²) in [7, 11) is 1.62. The molecular weight excluding hydrogens is 423 g/mol. The average molecular weight is 445 g/mol. The second-order valence-electron chi connectivity index (χ2n) is 7.80. The zero-order valence-electron chi connectivity index (χ0n) is 17.7. The zero-order valence-corrected chi connectivity index (χ0v) is 17.7. The van der Waals surface area contributed by atoms with E-state index in [0.717, 1.165) is 18.9 Å². The fourth-order valence-corrected chi connectivity index (χ4v) is 3.93. The molecule has 3 aromatic rings. The molecule has 4 rings (SSSR count). The highest BCUT2D eigenvalue weighted by Gasteiger charge is 2.34. The summed E-state index contributed by atoms with van der Waals surface area (Å²) in [5.74, 6) is -0.505. The van der Waals surface area contributed by atoms with Gasteiger partial charge in [-0.05, 0) is 25.0 Å². The van der Waals surface area contributed by atoms with Gasteiger partial charge >= 0.3 is 6.18 Å². The molecule has 0 radical (unpaired) electrons. The van der Waals surface area contributed by atoms with E-state index < -0.39 is 11.7 Å². The normalized spacial score (nSPS) is 15.2. The highest BCUT2D eigenvalue weighted by Crippen LogP contribution is 2.37. The molecule has 0 aliphatic carbocycles. The number of carbonyl (C=O) groups excluding carboxylic acids is 2. The van der Waals surface area contributed by atoms with Crippen molar-refractivity contribution >= 4 is 22.8 Å². The summed E-state index contributed by atoms with van der Waals surface area (Å²) in [5.41, 5.74) is -0.388. The molecular formula is C22H22F3N5O2. The van der Waals surface area contributed by atoms with Crippen molar-refractivity contribution in [1.82, 2.24) is 24.6 Å². The fraction of sp³-hybridized carbons (Fsp3) is 0.364. The summed E-state index contributed by atoms with van der Waals surface area (Å²) in [5, 5.41) is 4.60. The summed E-state index contributed by atoms with van der Waals surface area (Å²) in [4.78, 5) is 32.9.